The molecule has 2 aliphatic rings. The molecule has 1 fully saturated rings. The molecule has 2 heterocycles. The molecule has 0 radical (unpaired) electrons. The Hall–Kier alpha value is -1.40. The van der Waals surface area contributed by atoms with Crippen molar-refractivity contribution in [3.05, 3.63) is 17.7 Å². The van der Waals surface area contributed by atoms with Crippen LogP contribution in [0.5, 0.6) is 11.5 Å². The average molecular weight is 308 g/mol. The molecule has 1 amide bonds. The fraction of sp³-hybridized carbons (Fsp3) is 0.533. The van der Waals surface area contributed by atoms with Gasteiger partial charge in [-0.3, -0.25) is 10.1 Å². The van der Waals surface area contributed by atoms with Gasteiger partial charge in [0.25, 0.3) is 0 Å². The SMILES string of the molecule is COc1cc(OC)c2c(c1)N(C(=O)C1CSCN1)CCC2. The summed E-state index contributed by atoms with van der Waals surface area (Å²) in [6.45, 7) is 0.755. The molecular formula is C15H20N2O3S. The van der Waals surface area contributed by atoms with Crippen molar-refractivity contribution in [2.45, 2.75) is 18.9 Å². The van der Waals surface area contributed by atoms with E-state index in [9.17, 15) is 4.79 Å². The lowest BCUT2D eigenvalue weighted by Crippen LogP contribution is -2.47. The first-order chi connectivity index (χ1) is 10.2. The third kappa shape index (κ3) is 2.70. The number of amides is 1. The van der Waals surface area contributed by atoms with Gasteiger partial charge in [0.05, 0.1) is 25.9 Å². The van der Waals surface area contributed by atoms with Gasteiger partial charge in [-0.15, -0.1) is 11.8 Å². The van der Waals surface area contributed by atoms with Gasteiger partial charge in [0.1, 0.15) is 11.5 Å². The Morgan fingerprint density at radius 2 is 2.24 bits per heavy atom. The number of carbonyl (C=O) groups excluding carboxylic acids is 1. The van der Waals surface area contributed by atoms with Crippen LogP contribution in [0.1, 0.15) is 12.0 Å². The minimum absolute atomic E-state index is 0.0851. The van der Waals surface area contributed by atoms with E-state index in [0.717, 1.165) is 53.8 Å². The number of benzene rings is 1. The molecule has 0 saturated carbocycles. The summed E-state index contributed by atoms with van der Waals surface area (Å²) in [6.07, 6.45) is 1.89. The first kappa shape index (κ1) is 14.5. The van der Waals surface area contributed by atoms with Crippen LogP contribution >= 0.6 is 11.8 Å². The number of methoxy groups -OCH3 is 2. The highest BCUT2D eigenvalue weighted by atomic mass is 32.2. The second-order valence-electron chi connectivity index (χ2n) is 5.19. The second-order valence-corrected chi connectivity index (χ2v) is 6.22. The zero-order valence-electron chi connectivity index (χ0n) is 12.3. The van der Waals surface area contributed by atoms with Crippen LogP contribution in [0.4, 0.5) is 5.69 Å². The number of nitrogens with one attached hydrogen (secondary N) is 1. The van der Waals surface area contributed by atoms with Crippen molar-refractivity contribution in [1.82, 2.24) is 5.32 Å². The Morgan fingerprint density at radius 3 is 2.90 bits per heavy atom. The van der Waals surface area contributed by atoms with Crippen molar-refractivity contribution in [3.8, 4) is 11.5 Å². The Labute approximate surface area is 129 Å². The fourth-order valence-corrected chi connectivity index (χ4v) is 3.84. The van der Waals surface area contributed by atoms with Crippen LogP contribution in [0.25, 0.3) is 0 Å². The van der Waals surface area contributed by atoms with Crippen molar-refractivity contribution in [2.24, 2.45) is 0 Å². The molecule has 1 aromatic rings. The quantitative estimate of drug-likeness (QED) is 0.920. The Bertz CT molecular complexity index is 544. The van der Waals surface area contributed by atoms with E-state index in [0.29, 0.717) is 0 Å². The van der Waals surface area contributed by atoms with E-state index < -0.39 is 0 Å². The topological polar surface area (TPSA) is 50.8 Å². The number of rotatable bonds is 3. The van der Waals surface area contributed by atoms with Gasteiger partial charge in [-0.05, 0) is 12.8 Å². The Kier molecular flexibility index (Phi) is 4.26. The van der Waals surface area contributed by atoms with Crippen LogP contribution in [0, 0.1) is 0 Å². The van der Waals surface area contributed by atoms with Gasteiger partial charge in [0.2, 0.25) is 5.91 Å². The maximum Gasteiger partial charge on any atom is 0.245 e. The minimum atomic E-state index is -0.0851. The van der Waals surface area contributed by atoms with E-state index in [-0.39, 0.29) is 11.9 Å². The van der Waals surface area contributed by atoms with Crippen molar-refractivity contribution in [3.63, 3.8) is 0 Å². The Balaban J connectivity index is 1.97. The molecule has 1 N–H and O–H groups in total. The first-order valence-corrected chi connectivity index (χ1v) is 8.27. The summed E-state index contributed by atoms with van der Waals surface area (Å²) in [5.41, 5.74) is 2.03. The predicted molar refractivity (Wildman–Crippen MR) is 84.5 cm³/mol. The number of nitrogens with zero attached hydrogens (tertiary/aromatic N) is 1. The summed E-state index contributed by atoms with van der Waals surface area (Å²) < 4.78 is 10.8. The molecule has 1 saturated heterocycles. The third-order valence-electron chi connectivity index (χ3n) is 3.99. The number of hydrogen-bond acceptors (Lipinski definition) is 5. The summed E-state index contributed by atoms with van der Waals surface area (Å²) in [5.74, 6) is 3.36. The highest BCUT2D eigenvalue weighted by molar-refractivity contribution is 7.99. The molecule has 5 nitrogen and oxygen atoms in total. The summed E-state index contributed by atoms with van der Waals surface area (Å²) in [5, 5.41) is 3.25. The van der Waals surface area contributed by atoms with Gasteiger partial charge in [-0.2, -0.15) is 0 Å². The van der Waals surface area contributed by atoms with Crippen molar-refractivity contribution >= 4 is 23.4 Å². The van der Waals surface area contributed by atoms with E-state index >= 15 is 0 Å². The van der Waals surface area contributed by atoms with E-state index in [2.05, 4.69) is 5.32 Å². The van der Waals surface area contributed by atoms with E-state index in [1.54, 1.807) is 26.0 Å². The average Bonchev–Trinajstić information content (AvgIpc) is 3.06. The number of carbonyl (C=O) groups is 1. The molecular weight excluding hydrogens is 288 g/mol. The van der Waals surface area contributed by atoms with Crippen LogP contribution in [0.15, 0.2) is 12.1 Å². The predicted octanol–water partition coefficient (Wildman–Crippen LogP) is 1.65. The molecule has 0 aromatic heterocycles. The summed E-state index contributed by atoms with van der Waals surface area (Å²) in [6, 6.07) is 3.74. The van der Waals surface area contributed by atoms with Crippen molar-refractivity contribution in [2.75, 3.05) is 37.3 Å². The molecule has 2 aliphatic heterocycles. The lowest BCUT2D eigenvalue weighted by Gasteiger charge is -2.32. The van der Waals surface area contributed by atoms with E-state index in [1.807, 2.05) is 17.0 Å². The zero-order valence-corrected chi connectivity index (χ0v) is 13.2. The van der Waals surface area contributed by atoms with Crippen LogP contribution in [0.3, 0.4) is 0 Å². The maximum absolute atomic E-state index is 12.7. The smallest absolute Gasteiger partial charge is 0.245 e. The normalized spacial score (nSPS) is 21.0. The minimum Gasteiger partial charge on any atom is -0.497 e. The van der Waals surface area contributed by atoms with Crippen LogP contribution in [0.2, 0.25) is 0 Å². The standard InChI is InChI=1S/C15H20N2O3S/c1-19-10-6-13-11(14(7-10)20-2)4-3-5-17(13)15(18)12-8-21-9-16-12/h6-7,12,16H,3-5,8-9H2,1-2H3. The summed E-state index contributed by atoms with van der Waals surface area (Å²) in [7, 11) is 3.29. The number of thioether (sulfide) groups is 1. The van der Waals surface area contributed by atoms with Gasteiger partial charge in [0.15, 0.2) is 0 Å². The van der Waals surface area contributed by atoms with Gasteiger partial charge < -0.3 is 14.4 Å². The molecule has 3 rings (SSSR count). The highest BCUT2D eigenvalue weighted by Crippen LogP contribution is 2.38. The zero-order chi connectivity index (χ0) is 14.8. The van der Waals surface area contributed by atoms with Gasteiger partial charge in [-0.25, -0.2) is 0 Å². The fourth-order valence-electron chi connectivity index (χ4n) is 2.90. The lowest BCUT2D eigenvalue weighted by atomic mass is 9.99. The molecule has 114 valence electrons. The molecule has 1 unspecified atom stereocenters. The number of hydrogen-bond donors (Lipinski definition) is 1. The summed E-state index contributed by atoms with van der Waals surface area (Å²) in [4.78, 5) is 14.6. The van der Waals surface area contributed by atoms with E-state index in [1.165, 1.54) is 0 Å². The number of ether oxygens (including phenoxy) is 2. The molecule has 0 bridgehead atoms. The summed E-state index contributed by atoms with van der Waals surface area (Å²) >= 11 is 1.76. The largest absolute Gasteiger partial charge is 0.497 e. The monoisotopic (exact) mass is 308 g/mol. The molecule has 21 heavy (non-hydrogen) atoms. The van der Waals surface area contributed by atoms with Crippen LogP contribution < -0.4 is 19.7 Å². The molecule has 6 heteroatoms. The van der Waals surface area contributed by atoms with Gasteiger partial charge in [-0.1, -0.05) is 0 Å². The lowest BCUT2D eigenvalue weighted by molar-refractivity contribution is -0.120. The molecule has 1 atom stereocenters. The van der Waals surface area contributed by atoms with Crippen LogP contribution in [-0.2, 0) is 11.2 Å². The third-order valence-corrected chi connectivity index (χ3v) is 4.93. The van der Waals surface area contributed by atoms with Crippen LogP contribution in [-0.4, -0.2) is 44.3 Å². The van der Waals surface area contributed by atoms with Gasteiger partial charge in [0, 0.05) is 35.9 Å². The maximum atomic E-state index is 12.7. The van der Waals surface area contributed by atoms with Gasteiger partial charge >= 0.3 is 0 Å². The first-order valence-electron chi connectivity index (χ1n) is 7.12. The second kappa shape index (κ2) is 6.15. The molecule has 1 aromatic carbocycles. The molecule has 0 aliphatic carbocycles. The number of fused-ring (bicyclic) bond motifs is 1. The number of anilines is 1. The van der Waals surface area contributed by atoms with Crippen molar-refractivity contribution in [1.29, 1.82) is 0 Å². The van der Waals surface area contributed by atoms with E-state index in [4.69, 9.17) is 9.47 Å². The van der Waals surface area contributed by atoms with Crippen molar-refractivity contribution < 1.29 is 14.3 Å². The Morgan fingerprint density at radius 1 is 1.38 bits per heavy atom. The highest BCUT2D eigenvalue weighted by Gasteiger charge is 2.32. The molecule has 0 spiro atoms.